The summed E-state index contributed by atoms with van der Waals surface area (Å²) < 4.78 is 20.8. The Balaban J connectivity index is 0.869. The first kappa shape index (κ1) is 41.7. The molecule has 0 atom stereocenters. The number of fused-ring (bicyclic) bond motifs is 1. The van der Waals surface area contributed by atoms with E-state index >= 15 is 0 Å². The van der Waals surface area contributed by atoms with Crippen LogP contribution in [0.2, 0.25) is 0 Å². The van der Waals surface area contributed by atoms with Gasteiger partial charge < -0.3 is 10.6 Å². The van der Waals surface area contributed by atoms with E-state index in [1.165, 1.54) is 0 Å². The van der Waals surface area contributed by atoms with E-state index in [2.05, 4.69) is 66.9 Å². The molecular formula is C42H51InN16O4. The van der Waals surface area contributed by atoms with Crippen molar-refractivity contribution in [2.24, 2.45) is 0 Å². The van der Waals surface area contributed by atoms with Crippen molar-refractivity contribution in [3.05, 3.63) is 66.6 Å². The van der Waals surface area contributed by atoms with Crippen molar-refractivity contribution in [2.75, 3.05) is 131 Å². The quantitative estimate of drug-likeness (QED) is 0.121. The molecule has 5 aliphatic heterocycles. The Morgan fingerprint density at radius 1 is 0.556 bits per heavy atom. The van der Waals surface area contributed by atoms with Gasteiger partial charge in [-0.25, -0.2) is 0 Å². The van der Waals surface area contributed by atoms with Gasteiger partial charge >= 0.3 is 339 Å². The molecule has 20 nitrogen and oxygen atoms in total. The third-order valence-corrected chi connectivity index (χ3v) is 18.9. The minimum atomic E-state index is -3.37. The third kappa shape index (κ3) is 9.34. The van der Waals surface area contributed by atoms with Crippen molar-refractivity contribution in [1.29, 1.82) is 0 Å². The van der Waals surface area contributed by atoms with Gasteiger partial charge in [0.25, 0.3) is 0 Å². The SMILES string of the molecule is O=[C]1Cc2c(-c3cnc(Oc4nccnc4N4CCNCC4)c(N4CCNCC4)n3)ccc[c]2[In]1[O]CCc1cnc(Oc2nccnc2N2CCNCC2)c(N2CCNCC2)n1. The van der Waals surface area contributed by atoms with Gasteiger partial charge in [-0.3, -0.25) is 0 Å². The number of aromatic nitrogens is 8. The number of hydrogen-bond donors (Lipinski definition) is 4. The van der Waals surface area contributed by atoms with Crippen molar-refractivity contribution in [3.63, 3.8) is 0 Å². The molecule has 9 heterocycles. The number of anilines is 4. The summed E-state index contributed by atoms with van der Waals surface area (Å²) in [6, 6.07) is 6.10. The van der Waals surface area contributed by atoms with Crippen LogP contribution in [0.15, 0.2) is 55.4 Å². The van der Waals surface area contributed by atoms with Crippen molar-refractivity contribution in [2.45, 2.75) is 12.8 Å². The van der Waals surface area contributed by atoms with Crippen LogP contribution in [0.25, 0.3) is 11.3 Å². The summed E-state index contributed by atoms with van der Waals surface area (Å²) in [4.78, 5) is 60.9. The molecule has 4 N–H and O–H groups in total. The van der Waals surface area contributed by atoms with Crippen LogP contribution in [0.4, 0.5) is 23.3 Å². The molecule has 4 fully saturated rings. The van der Waals surface area contributed by atoms with Crippen LogP contribution < -0.4 is 53.7 Å². The van der Waals surface area contributed by atoms with Gasteiger partial charge in [0.05, 0.1) is 0 Å². The molecule has 1 aromatic carbocycles. The first-order valence-electron chi connectivity index (χ1n) is 22.0. The van der Waals surface area contributed by atoms with Crippen LogP contribution >= 0.6 is 0 Å². The number of carbonyl (C=O) groups excluding carboxylic acids is 1. The molecule has 0 radical (unpaired) electrons. The minimum absolute atomic E-state index is 0.207. The molecule has 326 valence electrons. The maximum absolute atomic E-state index is 13.8. The van der Waals surface area contributed by atoms with E-state index in [4.69, 9.17) is 32.3 Å². The Morgan fingerprint density at radius 2 is 1.03 bits per heavy atom. The molecule has 0 spiro atoms. The van der Waals surface area contributed by atoms with Crippen LogP contribution in [-0.2, 0) is 20.5 Å². The normalized spacial score (nSPS) is 18.2. The molecule has 0 bridgehead atoms. The first-order valence-corrected chi connectivity index (χ1v) is 26.6. The van der Waals surface area contributed by atoms with Gasteiger partial charge in [-0.15, -0.1) is 0 Å². The second-order valence-electron chi connectivity index (χ2n) is 15.9. The first-order chi connectivity index (χ1) is 31.2. The topological polar surface area (TPSA) is 209 Å². The van der Waals surface area contributed by atoms with Gasteiger partial charge in [0.15, 0.2) is 0 Å². The average molecular weight is 959 g/mol. The van der Waals surface area contributed by atoms with Gasteiger partial charge in [0, 0.05) is 26.2 Å². The molecule has 10 rings (SSSR count). The summed E-state index contributed by atoms with van der Waals surface area (Å²) in [5.41, 5.74) is 3.33. The third-order valence-electron chi connectivity index (χ3n) is 11.9. The van der Waals surface area contributed by atoms with E-state index in [-0.39, 0.29) is 3.54 Å². The molecular weight excluding hydrogens is 907 g/mol. The zero-order valence-corrected chi connectivity index (χ0v) is 38.5. The fraction of sp³-hybridized carbons (Fsp3) is 0.452. The summed E-state index contributed by atoms with van der Waals surface area (Å²) in [5.74, 6) is 4.25. The number of benzene rings is 1. The van der Waals surface area contributed by atoms with E-state index in [0.29, 0.717) is 71.9 Å². The van der Waals surface area contributed by atoms with Crippen molar-refractivity contribution >= 4 is 52.0 Å². The van der Waals surface area contributed by atoms with E-state index in [9.17, 15) is 4.79 Å². The molecule has 0 aliphatic carbocycles. The zero-order valence-electron chi connectivity index (χ0n) is 35.2. The predicted molar refractivity (Wildman–Crippen MR) is 238 cm³/mol. The van der Waals surface area contributed by atoms with E-state index < -0.39 is 21.9 Å². The summed E-state index contributed by atoms with van der Waals surface area (Å²) in [5, 5.41) is 13.6. The number of carbonyl (C=O) groups is 1. The van der Waals surface area contributed by atoms with Crippen molar-refractivity contribution in [1.82, 2.24) is 61.1 Å². The predicted octanol–water partition coefficient (Wildman–Crippen LogP) is -0.141. The second-order valence-corrected chi connectivity index (χ2v) is 22.6. The van der Waals surface area contributed by atoms with Gasteiger partial charge in [0.1, 0.15) is 0 Å². The summed E-state index contributed by atoms with van der Waals surface area (Å²) in [6.45, 7) is 13.3. The van der Waals surface area contributed by atoms with E-state index in [1.54, 1.807) is 37.2 Å². The number of nitrogens with one attached hydrogen (secondary N) is 4. The molecule has 0 unspecified atom stereocenters. The second kappa shape index (κ2) is 19.6. The van der Waals surface area contributed by atoms with E-state index in [0.717, 1.165) is 125 Å². The number of nitrogens with zero attached hydrogens (tertiary/aromatic N) is 12. The molecule has 0 amide bonds. The molecule has 5 aromatic rings. The Hall–Kier alpha value is -5.32. The van der Waals surface area contributed by atoms with Crippen LogP contribution in [0.3, 0.4) is 0 Å². The standard InChI is InChI=1S/C24H26N8O2.C18H25N8O2.In/c33-16-5-18-3-1-2-4-19(18)20-17-29-24(22(30-20)32-14-10-26-11-15-32)34-23-21(27-6-7-28-23)31-12-8-25-9-13-31;27-12-1-14-13-23-18(16(24-14)26-10-6-20-7-11-26)28-17-15(21-2-3-22-17)25-8-4-19-5-9-25;/h1-2,4,6-7,17,25-26H,5,8-15H2;2-3,13,19-20H,1,4-12H2;/q;-1;+1. The van der Waals surface area contributed by atoms with Crippen LogP contribution in [-0.4, -0.2) is 177 Å². The Morgan fingerprint density at radius 3 is 1.59 bits per heavy atom. The molecule has 4 saturated heterocycles. The summed E-state index contributed by atoms with van der Waals surface area (Å²) >= 11 is -3.37. The fourth-order valence-electron chi connectivity index (χ4n) is 8.67. The summed E-state index contributed by atoms with van der Waals surface area (Å²) in [6.07, 6.45) is 10.9. The van der Waals surface area contributed by atoms with Crippen molar-refractivity contribution in [3.8, 4) is 34.8 Å². The van der Waals surface area contributed by atoms with Gasteiger partial charge in [0.2, 0.25) is 0 Å². The van der Waals surface area contributed by atoms with E-state index in [1.807, 2.05) is 12.1 Å². The van der Waals surface area contributed by atoms with Crippen LogP contribution in [0.1, 0.15) is 11.3 Å². The number of ether oxygens (including phenoxy) is 2. The number of piperazine rings is 4. The average Bonchev–Trinajstić information content (AvgIpc) is 3.68. The van der Waals surface area contributed by atoms with Gasteiger partial charge in [-0.05, 0) is 0 Å². The zero-order chi connectivity index (χ0) is 42.4. The Kier molecular flexibility index (Phi) is 13.0. The maximum atomic E-state index is 13.8. The number of rotatable bonds is 13. The summed E-state index contributed by atoms with van der Waals surface area (Å²) in [7, 11) is 0. The van der Waals surface area contributed by atoms with Gasteiger partial charge in [-0.1, -0.05) is 0 Å². The molecule has 4 aromatic heterocycles. The fourth-order valence-corrected chi connectivity index (χ4v) is 15.3. The number of hydrogen-bond acceptors (Lipinski definition) is 20. The molecule has 63 heavy (non-hydrogen) atoms. The van der Waals surface area contributed by atoms with Crippen LogP contribution in [0.5, 0.6) is 23.5 Å². The Labute approximate surface area is 373 Å². The van der Waals surface area contributed by atoms with Crippen LogP contribution in [0, 0.1) is 0 Å². The molecule has 21 heteroatoms. The van der Waals surface area contributed by atoms with Gasteiger partial charge in [-0.2, -0.15) is 0 Å². The van der Waals surface area contributed by atoms with Crippen molar-refractivity contribution < 1.29 is 17.1 Å². The monoisotopic (exact) mass is 958 g/mol. The Bertz CT molecular complexity index is 2390. The molecule has 0 saturated carbocycles. The molecule has 5 aliphatic rings.